The Bertz CT molecular complexity index is 848. The molecule has 0 bridgehead atoms. The third kappa shape index (κ3) is 4.25. The maximum absolute atomic E-state index is 13.3. The molecule has 2 aliphatic rings. The van der Waals surface area contributed by atoms with E-state index < -0.39 is 0 Å². The van der Waals surface area contributed by atoms with Crippen molar-refractivity contribution in [3.8, 4) is 11.3 Å². The van der Waals surface area contributed by atoms with Crippen LogP contribution in [0.15, 0.2) is 10.7 Å². The predicted molar refractivity (Wildman–Crippen MR) is 111 cm³/mol. The van der Waals surface area contributed by atoms with Gasteiger partial charge in [0.05, 0.1) is 29.5 Å². The van der Waals surface area contributed by atoms with Gasteiger partial charge in [0.2, 0.25) is 5.91 Å². The molecule has 158 valence electrons. The Morgan fingerprint density at radius 2 is 1.83 bits per heavy atom. The fourth-order valence-electron chi connectivity index (χ4n) is 4.68. The SMILES string of the molecule is Cc1noc(-c2cn(C)nc2C2CCCCN2C(=O)CN2CCCCCC2)c1C. The third-order valence-corrected chi connectivity index (χ3v) is 6.46. The van der Waals surface area contributed by atoms with E-state index in [9.17, 15) is 4.79 Å². The van der Waals surface area contributed by atoms with Crippen molar-refractivity contribution in [1.82, 2.24) is 24.7 Å². The number of amides is 1. The molecule has 29 heavy (non-hydrogen) atoms. The van der Waals surface area contributed by atoms with Crippen LogP contribution < -0.4 is 0 Å². The zero-order valence-corrected chi connectivity index (χ0v) is 18.0. The van der Waals surface area contributed by atoms with Gasteiger partial charge < -0.3 is 9.42 Å². The van der Waals surface area contributed by atoms with Gasteiger partial charge in [-0.1, -0.05) is 18.0 Å². The van der Waals surface area contributed by atoms with E-state index >= 15 is 0 Å². The van der Waals surface area contributed by atoms with Gasteiger partial charge in [0.25, 0.3) is 0 Å². The van der Waals surface area contributed by atoms with Gasteiger partial charge in [-0.15, -0.1) is 0 Å². The Kier molecular flexibility index (Phi) is 6.04. The van der Waals surface area contributed by atoms with E-state index in [0.29, 0.717) is 6.54 Å². The molecule has 2 aromatic rings. The number of nitrogens with zero attached hydrogens (tertiary/aromatic N) is 5. The van der Waals surface area contributed by atoms with Gasteiger partial charge in [-0.25, -0.2) is 0 Å². The highest BCUT2D eigenvalue weighted by atomic mass is 16.5. The fraction of sp³-hybridized carbons (Fsp3) is 0.682. The molecule has 0 N–H and O–H groups in total. The lowest BCUT2D eigenvalue weighted by atomic mass is 9.95. The number of hydrogen-bond acceptors (Lipinski definition) is 5. The Balaban J connectivity index is 1.59. The highest BCUT2D eigenvalue weighted by Gasteiger charge is 2.33. The van der Waals surface area contributed by atoms with Crippen molar-refractivity contribution in [3.63, 3.8) is 0 Å². The van der Waals surface area contributed by atoms with Crippen LogP contribution in [0.1, 0.15) is 67.9 Å². The summed E-state index contributed by atoms with van der Waals surface area (Å²) < 4.78 is 7.47. The van der Waals surface area contributed by atoms with E-state index in [2.05, 4.69) is 15.0 Å². The minimum Gasteiger partial charge on any atom is -0.356 e. The Hall–Kier alpha value is -2.15. The molecule has 4 rings (SSSR count). The number of carbonyl (C=O) groups is 1. The van der Waals surface area contributed by atoms with Crippen LogP contribution in [0.4, 0.5) is 0 Å². The van der Waals surface area contributed by atoms with E-state index in [1.807, 2.05) is 31.8 Å². The molecule has 1 atom stereocenters. The fourth-order valence-corrected chi connectivity index (χ4v) is 4.68. The van der Waals surface area contributed by atoms with Gasteiger partial charge in [0.1, 0.15) is 0 Å². The lowest BCUT2D eigenvalue weighted by molar-refractivity contribution is -0.136. The first-order chi connectivity index (χ1) is 14.0. The predicted octanol–water partition coefficient (Wildman–Crippen LogP) is 3.62. The molecule has 0 saturated carbocycles. The molecular weight excluding hydrogens is 366 g/mol. The highest BCUT2D eigenvalue weighted by Crippen LogP contribution is 2.37. The van der Waals surface area contributed by atoms with Crippen molar-refractivity contribution in [2.45, 2.75) is 64.8 Å². The summed E-state index contributed by atoms with van der Waals surface area (Å²) in [5.74, 6) is 1.01. The number of aryl methyl sites for hydroxylation is 2. The van der Waals surface area contributed by atoms with Gasteiger partial charge in [-0.05, 0) is 59.0 Å². The van der Waals surface area contributed by atoms with Crippen molar-refractivity contribution in [3.05, 3.63) is 23.1 Å². The van der Waals surface area contributed by atoms with E-state index in [1.54, 1.807) is 0 Å². The molecule has 0 aromatic carbocycles. The van der Waals surface area contributed by atoms with Gasteiger partial charge in [-0.2, -0.15) is 5.10 Å². The van der Waals surface area contributed by atoms with Crippen molar-refractivity contribution < 1.29 is 9.32 Å². The highest BCUT2D eigenvalue weighted by molar-refractivity contribution is 5.79. The summed E-state index contributed by atoms with van der Waals surface area (Å²) in [7, 11) is 1.93. The van der Waals surface area contributed by atoms with Crippen LogP contribution in [-0.4, -0.2) is 56.8 Å². The second kappa shape index (κ2) is 8.69. The molecule has 2 fully saturated rings. The van der Waals surface area contributed by atoms with Gasteiger partial charge >= 0.3 is 0 Å². The van der Waals surface area contributed by atoms with Crippen LogP contribution >= 0.6 is 0 Å². The molecule has 7 heteroatoms. The molecule has 0 aliphatic carbocycles. The molecule has 2 aromatic heterocycles. The van der Waals surface area contributed by atoms with Crippen molar-refractivity contribution in [2.75, 3.05) is 26.2 Å². The molecule has 0 radical (unpaired) electrons. The number of hydrogen-bond donors (Lipinski definition) is 0. The minimum absolute atomic E-state index is 0.00392. The summed E-state index contributed by atoms with van der Waals surface area (Å²) in [4.78, 5) is 17.7. The summed E-state index contributed by atoms with van der Waals surface area (Å²) in [5, 5.41) is 8.91. The lowest BCUT2D eigenvalue weighted by Gasteiger charge is -2.36. The zero-order chi connectivity index (χ0) is 20.4. The van der Waals surface area contributed by atoms with Crippen LogP contribution in [0.5, 0.6) is 0 Å². The number of piperidine rings is 1. The first-order valence-electron chi connectivity index (χ1n) is 11.0. The van der Waals surface area contributed by atoms with Gasteiger partial charge in [-0.3, -0.25) is 14.4 Å². The molecular formula is C22H33N5O2. The monoisotopic (exact) mass is 399 g/mol. The average Bonchev–Trinajstić information content (AvgIpc) is 3.13. The molecule has 7 nitrogen and oxygen atoms in total. The molecule has 1 unspecified atom stereocenters. The topological polar surface area (TPSA) is 67.4 Å². The Labute approximate surface area is 173 Å². The van der Waals surface area contributed by atoms with Crippen LogP contribution in [0.25, 0.3) is 11.3 Å². The minimum atomic E-state index is 0.00392. The van der Waals surface area contributed by atoms with Crippen LogP contribution in [-0.2, 0) is 11.8 Å². The average molecular weight is 400 g/mol. The molecule has 0 spiro atoms. The second-order valence-electron chi connectivity index (χ2n) is 8.61. The van der Waals surface area contributed by atoms with Crippen molar-refractivity contribution in [1.29, 1.82) is 0 Å². The summed E-state index contributed by atoms with van der Waals surface area (Å²) in [5.41, 5.74) is 3.84. The van der Waals surface area contributed by atoms with Crippen LogP contribution in [0.2, 0.25) is 0 Å². The standard InChI is InChI=1S/C22H33N5O2/c1-16-17(2)24-29-22(16)18-14-25(3)23-21(18)19-10-6-9-13-27(19)20(28)15-26-11-7-4-5-8-12-26/h14,19H,4-13,15H2,1-3H3. The van der Waals surface area contributed by atoms with E-state index in [1.165, 1.54) is 25.7 Å². The quantitative estimate of drug-likeness (QED) is 0.785. The summed E-state index contributed by atoms with van der Waals surface area (Å²) in [6, 6.07) is 0.00392. The number of rotatable bonds is 4. The Morgan fingerprint density at radius 1 is 1.10 bits per heavy atom. The number of aromatic nitrogens is 3. The molecule has 1 amide bonds. The summed E-state index contributed by atoms with van der Waals surface area (Å²) in [6.07, 6.45) is 10.1. The zero-order valence-electron chi connectivity index (χ0n) is 18.0. The second-order valence-corrected chi connectivity index (χ2v) is 8.61. The van der Waals surface area contributed by atoms with Crippen molar-refractivity contribution >= 4 is 5.91 Å². The summed E-state index contributed by atoms with van der Waals surface area (Å²) in [6.45, 7) is 7.39. The molecule has 2 saturated heterocycles. The van der Waals surface area contributed by atoms with Crippen LogP contribution in [0, 0.1) is 13.8 Å². The summed E-state index contributed by atoms with van der Waals surface area (Å²) >= 11 is 0. The normalized spacial score (nSPS) is 21.3. The number of likely N-dealkylation sites (tertiary alicyclic amines) is 2. The third-order valence-electron chi connectivity index (χ3n) is 6.46. The van der Waals surface area contributed by atoms with Crippen LogP contribution in [0.3, 0.4) is 0 Å². The van der Waals surface area contributed by atoms with E-state index in [4.69, 9.17) is 9.62 Å². The lowest BCUT2D eigenvalue weighted by Crippen LogP contribution is -2.44. The largest absolute Gasteiger partial charge is 0.356 e. The maximum Gasteiger partial charge on any atom is 0.237 e. The smallest absolute Gasteiger partial charge is 0.237 e. The molecule has 2 aliphatic heterocycles. The first-order valence-corrected chi connectivity index (χ1v) is 11.0. The molecule has 4 heterocycles. The first kappa shape index (κ1) is 20.1. The van der Waals surface area contributed by atoms with Crippen molar-refractivity contribution in [2.24, 2.45) is 7.05 Å². The Morgan fingerprint density at radius 3 is 2.52 bits per heavy atom. The van der Waals surface area contributed by atoms with E-state index in [0.717, 1.165) is 67.2 Å². The maximum atomic E-state index is 13.3. The number of carbonyl (C=O) groups excluding carboxylic acids is 1. The van der Waals surface area contributed by atoms with Gasteiger partial charge in [0, 0.05) is 25.4 Å². The van der Waals surface area contributed by atoms with E-state index in [-0.39, 0.29) is 11.9 Å². The van der Waals surface area contributed by atoms with Gasteiger partial charge in [0.15, 0.2) is 5.76 Å².